The molecule has 7 heavy (non-hydrogen) atoms. The van der Waals surface area contributed by atoms with Gasteiger partial charge < -0.3 is 14.7 Å². The van der Waals surface area contributed by atoms with Crippen molar-refractivity contribution in [3.05, 3.63) is 0 Å². The van der Waals surface area contributed by atoms with Crippen LogP contribution < -0.4 is 4.89 Å². The van der Waals surface area contributed by atoms with Crippen molar-refractivity contribution >= 4 is 28.2 Å². The normalized spacial score (nSPS) is 9.43. The Kier molecular flexibility index (Phi) is 8.79. The van der Waals surface area contributed by atoms with Gasteiger partial charge in [-0.2, -0.15) is 0 Å². The first-order chi connectivity index (χ1) is 3.00. The molecular formula is H2CuIO4P. The zero-order chi connectivity index (χ0) is 6.50. The molecule has 0 aliphatic heterocycles. The second kappa shape index (κ2) is 5.50. The van der Waals surface area contributed by atoms with Crippen LogP contribution >= 0.6 is 28.2 Å². The SMILES string of the molecule is O=P([O-])(O)O.[Cu+][I]. The maximum atomic E-state index is 8.77. The molecule has 0 fully saturated rings. The van der Waals surface area contributed by atoms with Gasteiger partial charge in [-0.25, -0.2) is 0 Å². The molecule has 7 heteroatoms. The van der Waals surface area contributed by atoms with Gasteiger partial charge in [-0.05, 0) is 0 Å². The predicted molar refractivity (Wildman–Crippen MR) is 26.1 cm³/mol. The van der Waals surface area contributed by atoms with E-state index < -0.39 is 7.82 Å². The Morgan fingerprint density at radius 2 is 1.57 bits per heavy atom. The summed E-state index contributed by atoms with van der Waals surface area (Å²) in [6, 6.07) is 0. The summed E-state index contributed by atoms with van der Waals surface area (Å²) in [6.45, 7) is 0. The van der Waals surface area contributed by atoms with Crippen molar-refractivity contribution in [3.63, 3.8) is 0 Å². The Hall–Kier alpha value is 1.36. The van der Waals surface area contributed by atoms with Gasteiger partial charge in [-0.1, -0.05) is 0 Å². The molecule has 4 nitrogen and oxygen atoms in total. The summed E-state index contributed by atoms with van der Waals surface area (Å²) in [5.74, 6) is 0. The minimum absolute atomic E-state index is 1.71. The third-order valence-electron chi connectivity index (χ3n) is 0. The molecule has 0 aromatic heterocycles. The number of rotatable bonds is 0. The van der Waals surface area contributed by atoms with E-state index in [1.807, 2.05) is 0 Å². The predicted octanol–water partition coefficient (Wildman–Crippen LogP) is -0.677. The first-order valence-electron chi connectivity index (χ1n) is 0.879. The summed E-state index contributed by atoms with van der Waals surface area (Å²) >= 11 is 5.87. The van der Waals surface area contributed by atoms with Gasteiger partial charge in [0.15, 0.2) is 0 Å². The Labute approximate surface area is 60.1 Å². The van der Waals surface area contributed by atoms with Crippen LogP contribution in [0.25, 0.3) is 0 Å². The molecule has 2 N–H and O–H groups in total. The fraction of sp³-hybridized carbons (Fsp3) is 0. The second-order valence-corrected chi connectivity index (χ2v) is 1.47. The van der Waals surface area contributed by atoms with E-state index in [9.17, 15) is 0 Å². The molecule has 0 aliphatic carbocycles. The molecule has 0 unspecified atom stereocenters. The molecule has 0 rings (SSSR count). The summed E-state index contributed by atoms with van der Waals surface area (Å²) in [7, 11) is -4.89. The molecule has 0 saturated heterocycles. The third kappa shape index (κ3) is 114. The second-order valence-electron chi connectivity index (χ2n) is 0.491. The van der Waals surface area contributed by atoms with Crippen molar-refractivity contribution < 1.29 is 32.0 Å². The molecule has 0 atom stereocenters. The Balaban J connectivity index is 0. The standard InChI is InChI=1S/Cu.HI.H3O4P/c;;1-5(2,3)4/h;1H;(H3,1,2,3,4)/q+2;;/p-2. The van der Waals surface area contributed by atoms with Gasteiger partial charge in [0.1, 0.15) is 0 Å². The Morgan fingerprint density at radius 1 is 1.57 bits per heavy atom. The Bertz CT molecular complexity index is 57.8. The molecule has 0 spiro atoms. The van der Waals surface area contributed by atoms with Gasteiger partial charge >= 0.3 is 33.1 Å². The summed E-state index contributed by atoms with van der Waals surface area (Å²) in [5.41, 5.74) is 0. The molecule has 49 valence electrons. The van der Waals surface area contributed by atoms with Crippen molar-refractivity contribution in [1.29, 1.82) is 0 Å². The molecule has 0 aromatic rings. The fourth-order valence-electron chi connectivity index (χ4n) is 0. The van der Waals surface area contributed by atoms with Gasteiger partial charge in [-0.15, -0.1) is 0 Å². The quantitative estimate of drug-likeness (QED) is 0.351. The topological polar surface area (TPSA) is 80.6 Å². The summed E-state index contributed by atoms with van der Waals surface area (Å²) in [4.78, 5) is 22.9. The van der Waals surface area contributed by atoms with Crippen molar-refractivity contribution in [2.75, 3.05) is 0 Å². The van der Waals surface area contributed by atoms with Crippen LogP contribution in [0.5, 0.6) is 0 Å². The Morgan fingerprint density at radius 3 is 1.57 bits per heavy atom. The molecular weight excluding hydrogens is 285 g/mol. The van der Waals surface area contributed by atoms with Crippen LogP contribution in [0.1, 0.15) is 0 Å². The first-order valence-corrected chi connectivity index (χ1v) is 5.45. The van der Waals surface area contributed by atoms with E-state index >= 15 is 0 Å². The molecule has 0 aromatic carbocycles. The van der Waals surface area contributed by atoms with E-state index in [1.54, 1.807) is 20.3 Å². The first kappa shape index (κ1) is 11.2. The van der Waals surface area contributed by atoms with Crippen molar-refractivity contribution in [1.82, 2.24) is 0 Å². The minimum atomic E-state index is -4.89. The van der Waals surface area contributed by atoms with Crippen LogP contribution in [0.4, 0.5) is 0 Å². The van der Waals surface area contributed by atoms with E-state index in [4.69, 9.17) is 19.2 Å². The summed E-state index contributed by atoms with van der Waals surface area (Å²) in [6.07, 6.45) is 0. The van der Waals surface area contributed by atoms with E-state index in [0.29, 0.717) is 0 Å². The zero-order valence-electron chi connectivity index (χ0n) is 2.84. The van der Waals surface area contributed by atoms with Gasteiger partial charge in [0.25, 0.3) is 7.82 Å². The number of hydrogen-bond donors (Lipinski definition) is 2. The molecule has 0 radical (unpaired) electrons. The van der Waals surface area contributed by atoms with Crippen LogP contribution in [0.3, 0.4) is 0 Å². The third-order valence-corrected chi connectivity index (χ3v) is 0. The summed E-state index contributed by atoms with van der Waals surface area (Å²) < 4.78 is 8.77. The van der Waals surface area contributed by atoms with Gasteiger partial charge in [0.2, 0.25) is 0 Å². The molecule has 0 bridgehead atoms. The number of halogens is 1. The van der Waals surface area contributed by atoms with E-state index in [0.717, 1.165) is 0 Å². The average molecular weight is 287 g/mol. The van der Waals surface area contributed by atoms with Gasteiger partial charge in [-0.3, -0.25) is 4.57 Å². The van der Waals surface area contributed by atoms with Crippen molar-refractivity contribution in [2.45, 2.75) is 0 Å². The van der Waals surface area contributed by atoms with Gasteiger partial charge in [0.05, 0.1) is 0 Å². The monoisotopic (exact) mass is 287 g/mol. The molecule has 0 aliphatic rings. The van der Waals surface area contributed by atoms with Gasteiger partial charge in [0, 0.05) is 0 Å². The molecule has 0 heterocycles. The van der Waals surface area contributed by atoms with Crippen molar-refractivity contribution in [2.24, 2.45) is 0 Å². The van der Waals surface area contributed by atoms with Crippen LogP contribution in [-0.2, 0) is 17.3 Å². The molecule has 0 amide bonds. The summed E-state index contributed by atoms with van der Waals surface area (Å²) in [5, 5.41) is 0. The maximum absolute atomic E-state index is 8.77. The molecule has 0 saturated carbocycles. The van der Waals surface area contributed by atoms with Crippen molar-refractivity contribution in [3.8, 4) is 0 Å². The average Bonchev–Trinajstić information content (AvgIpc) is 1.36. The number of phosphoric acid groups is 1. The van der Waals surface area contributed by atoms with Crippen LogP contribution in [0.15, 0.2) is 0 Å². The number of hydrogen-bond acceptors (Lipinski definition) is 2. The van der Waals surface area contributed by atoms with Crippen LogP contribution in [0, 0.1) is 0 Å². The van der Waals surface area contributed by atoms with E-state index in [1.165, 1.54) is 0 Å². The van der Waals surface area contributed by atoms with Crippen LogP contribution in [0.2, 0.25) is 0 Å². The fourth-order valence-corrected chi connectivity index (χ4v) is 0. The van der Waals surface area contributed by atoms with E-state index in [-0.39, 0.29) is 0 Å². The van der Waals surface area contributed by atoms with Crippen LogP contribution in [-0.4, -0.2) is 9.79 Å². The van der Waals surface area contributed by atoms with E-state index in [2.05, 4.69) is 12.8 Å². The zero-order valence-corrected chi connectivity index (χ0v) is 6.83.